The van der Waals surface area contributed by atoms with Crippen molar-refractivity contribution in [3.8, 4) is 11.5 Å². The van der Waals surface area contributed by atoms with Crippen LogP contribution in [0.2, 0.25) is 0 Å². The normalized spacial score (nSPS) is 10.8. The maximum atomic E-state index is 5.89. The van der Waals surface area contributed by atoms with Crippen LogP contribution in [-0.4, -0.2) is 45.8 Å². The predicted molar refractivity (Wildman–Crippen MR) is 98.9 cm³/mol. The Hall–Kier alpha value is -2.04. The summed E-state index contributed by atoms with van der Waals surface area (Å²) in [5.74, 6) is 1.58. The molecule has 0 fully saturated rings. The van der Waals surface area contributed by atoms with Gasteiger partial charge in [0.15, 0.2) is 11.5 Å². The van der Waals surface area contributed by atoms with Crippen molar-refractivity contribution < 1.29 is 9.47 Å². The lowest BCUT2D eigenvalue weighted by molar-refractivity contribution is 0.297. The molecule has 24 heavy (non-hydrogen) atoms. The van der Waals surface area contributed by atoms with E-state index in [1.807, 2.05) is 30.3 Å². The van der Waals surface area contributed by atoms with E-state index in [-0.39, 0.29) is 0 Å². The number of rotatable bonds is 10. The van der Waals surface area contributed by atoms with Gasteiger partial charge in [0, 0.05) is 26.1 Å². The largest absolute Gasteiger partial charge is 0.493 e. The molecule has 0 heterocycles. The van der Waals surface area contributed by atoms with Crippen LogP contribution in [0.1, 0.15) is 11.1 Å². The van der Waals surface area contributed by atoms with Crippen molar-refractivity contribution in [1.29, 1.82) is 0 Å². The predicted octanol–water partition coefficient (Wildman–Crippen LogP) is 2.97. The Morgan fingerprint density at radius 2 is 1.75 bits per heavy atom. The first kappa shape index (κ1) is 18.3. The van der Waals surface area contributed by atoms with E-state index in [9.17, 15) is 0 Å². The molecule has 0 saturated heterocycles. The molecule has 4 heteroatoms. The Labute approximate surface area is 145 Å². The first-order valence-corrected chi connectivity index (χ1v) is 8.38. The Balaban J connectivity index is 1.84. The van der Waals surface area contributed by atoms with Crippen LogP contribution in [0, 0.1) is 0 Å². The van der Waals surface area contributed by atoms with Gasteiger partial charge >= 0.3 is 0 Å². The van der Waals surface area contributed by atoms with Gasteiger partial charge in [0.25, 0.3) is 0 Å². The third-order valence-corrected chi connectivity index (χ3v) is 3.78. The minimum atomic E-state index is 0.640. The van der Waals surface area contributed by atoms with Gasteiger partial charge < -0.3 is 19.7 Å². The summed E-state index contributed by atoms with van der Waals surface area (Å²) in [5, 5.41) is 3.43. The molecule has 0 aromatic heterocycles. The summed E-state index contributed by atoms with van der Waals surface area (Å²) in [6.45, 7) is 3.46. The maximum Gasteiger partial charge on any atom is 0.161 e. The number of nitrogens with one attached hydrogen (secondary N) is 1. The monoisotopic (exact) mass is 328 g/mol. The van der Waals surface area contributed by atoms with E-state index < -0.39 is 0 Å². The average Bonchev–Trinajstić information content (AvgIpc) is 2.60. The molecule has 2 aromatic rings. The van der Waals surface area contributed by atoms with Crippen LogP contribution in [0.4, 0.5) is 0 Å². The molecule has 0 radical (unpaired) electrons. The minimum Gasteiger partial charge on any atom is -0.493 e. The number of likely N-dealkylation sites (N-methyl/N-ethyl adjacent to an activating group) is 1. The van der Waals surface area contributed by atoms with Crippen molar-refractivity contribution in [3.63, 3.8) is 0 Å². The molecule has 0 saturated carbocycles. The standard InChI is InChI=1S/C20H28N2O2/c1-22(2)13-12-21-16-18-9-10-19(20(15-18)23-3)24-14-11-17-7-5-4-6-8-17/h4-10,15,21H,11-14,16H2,1-3H3. The molecule has 0 atom stereocenters. The van der Waals surface area contributed by atoms with Crippen molar-refractivity contribution in [2.45, 2.75) is 13.0 Å². The third kappa shape index (κ3) is 6.22. The van der Waals surface area contributed by atoms with E-state index in [1.54, 1.807) is 7.11 Å². The molecule has 0 aliphatic heterocycles. The quantitative estimate of drug-likeness (QED) is 0.680. The molecular weight excluding hydrogens is 300 g/mol. The first-order valence-electron chi connectivity index (χ1n) is 8.38. The minimum absolute atomic E-state index is 0.640. The highest BCUT2D eigenvalue weighted by atomic mass is 16.5. The fraction of sp³-hybridized carbons (Fsp3) is 0.400. The summed E-state index contributed by atoms with van der Waals surface area (Å²) in [5.41, 5.74) is 2.47. The number of ether oxygens (including phenoxy) is 2. The van der Waals surface area contributed by atoms with E-state index in [2.05, 4.69) is 42.5 Å². The number of hydrogen-bond donors (Lipinski definition) is 1. The number of methoxy groups -OCH3 is 1. The van der Waals surface area contributed by atoms with Crippen molar-refractivity contribution in [3.05, 3.63) is 59.7 Å². The summed E-state index contributed by atoms with van der Waals surface area (Å²) in [4.78, 5) is 2.16. The van der Waals surface area contributed by atoms with E-state index >= 15 is 0 Å². The molecule has 4 nitrogen and oxygen atoms in total. The van der Waals surface area contributed by atoms with Gasteiger partial charge in [0.1, 0.15) is 0 Å². The molecule has 130 valence electrons. The fourth-order valence-electron chi connectivity index (χ4n) is 2.40. The van der Waals surface area contributed by atoms with E-state index in [0.717, 1.165) is 37.6 Å². The number of benzene rings is 2. The zero-order valence-electron chi connectivity index (χ0n) is 14.9. The van der Waals surface area contributed by atoms with Crippen molar-refractivity contribution in [2.24, 2.45) is 0 Å². The van der Waals surface area contributed by atoms with E-state index in [4.69, 9.17) is 9.47 Å². The molecule has 0 bridgehead atoms. The molecule has 0 amide bonds. The van der Waals surface area contributed by atoms with Gasteiger partial charge in [-0.1, -0.05) is 36.4 Å². The fourth-order valence-corrected chi connectivity index (χ4v) is 2.40. The summed E-state index contributed by atoms with van der Waals surface area (Å²) in [6, 6.07) is 16.5. The zero-order valence-corrected chi connectivity index (χ0v) is 14.9. The van der Waals surface area contributed by atoms with Crippen LogP contribution in [0.3, 0.4) is 0 Å². The summed E-state index contributed by atoms with van der Waals surface area (Å²) in [6.07, 6.45) is 0.887. The second kappa shape index (κ2) is 9.96. The van der Waals surface area contributed by atoms with Crippen LogP contribution >= 0.6 is 0 Å². The third-order valence-electron chi connectivity index (χ3n) is 3.78. The summed E-state index contributed by atoms with van der Waals surface area (Å²) >= 11 is 0. The smallest absolute Gasteiger partial charge is 0.161 e. The summed E-state index contributed by atoms with van der Waals surface area (Å²) < 4.78 is 11.4. The molecular formula is C20H28N2O2. The lowest BCUT2D eigenvalue weighted by atomic mass is 10.1. The molecule has 2 aromatic carbocycles. The van der Waals surface area contributed by atoms with Crippen molar-refractivity contribution in [1.82, 2.24) is 10.2 Å². The highest BCUT2D eigenvalue weighted by Gasteiger charge is 2.06. The van der Waals surface area contributed by atoms with Crippen LogP contribution < -0.4 is 14.8 Å². The topological polar surface area (TPSA) is 33.7 Å². The highest BCUT2D eigenvalue weighted by Crippen LogP contribution is 2.28. The van der Waals surface area contributed by atoms with Crippen LogP contribution in [0.15, 0.2) is 48.5 Å². The van der Waals surface area contributed by atoms with Gasteiger partial charge in [-0.05, 0) is 37.4 Å². The van der Waals surface area contributed by atoms with Crippen LogP contribution in [0.5, 0.6) is 11.5 Å². The molecule has 0 spiro atoms. The van der Waals surface area contributed by atoms with Crippen LogP contribution in [-0.2, 0) is 13.0 Å². The van der Waals surface area contributed by atoms with Crippen molar-refractivity contribution in [2.75, 3.05) is 40.9 Å². The maximum absolute atomic E-state index is 5.89. The van der Waals surface area contributed by atoms with Crippen molar-refractivity contribution >= 4 is 0 Å². The molecule has 1 N–H and O–H groups in total. The lowest BCUT2D eigenvalue weighted by Crippen LogP contribution is -2.26. The number of hydrogen-bond acceptors (Lipinski definition) is 4. The van der Waals surface area contributed by atoms with Gasteiger partial charge in [-0.25, -0.2) is 0 Å². The van der Waals surface area contributed by atoms with E-state index in [0.29, 0.717) is 6.61 Å². The Morgan fingerprint density at radius 1 is 0.958 bits per heavy atom. The molecule has 2 rings (SSSR count). The van der Waals surface area contributed by atoms with Crippen LogP contribution in [0.25, 0.3) is 0 Å². The Bertz CT molecular complexity index is 600. The first-order chi connectivity index (χ1) is 11.7. The zero-order chi connectivity index (χ0) is 17.2. The summed E-state index contributed by atoms with van der Waals surface area (Å²) in [7, 11) is 5.83. The lowest BCUT2D eigenvalue weighted by Gasteiger charge is -2.13. The molecule has 0 aliphatic carbocycles. The van der Waals surface area contributed by atoms with Gasteiger partial charge in [0.2, 0.25) is 0 Å². The average molecular weight is 328 g/mol. The van der Waals surface area contributed by atoms with Gasteiger partial charge in [-0.2, -0.15) is 0 Å². The second-order valence-corrected chi connectivity index (χ2v) is 6.05. The highest BCUT2D eigenvalue weighted by molar-refractivity contribution is 5.43. The Kier molecular flexibility index (Phi) is 7.59. The van der Waals surface area contributed by atoms with E-state index in [1.165, 1.54) is 11.1 Å². The Morgan fingerprint density at radius 3 is 2.46 bits per heavy atom. The molecule has 0 aliphatic rings. The molecule has 0 unspecified atom stereocenters. The van der Waals surface area contributed by atoms with Gasteiger partial charge in [0.05, 0.1) is 13.7 Å². The van der Waals surface area contributed by atoms with Gasteiger partial charge in [-0.3, -0.25) is 0 Å². The number of nitrogens with zero attached hydrogens (tertiary/aromatic N) is 1. The SMILES string of the molecule is COc1cc(CNCCN(C)C)ccc1OCCc1ccccc1. The second-order valence-electron chi connectivity index (χ2n) is 6.05. The van der Waals surface area contributed by atoms with Gasteiger partial charge in [-0.15, -0.1) is 0 Å².